The van der Waals surface area contributed by atoms with Crippen molar-refractivity contribution in [2.45, 2.75) is 51.7 Å². The third kappa shape index (κ3) is 1.85. The Balaban J connectivity index is 2.57. The van der Waals surface area contributed by atoms with Gasteiger partial charge in [0.05, 0.1) is 0 Å². The van der Waals surface area contributed by atoms with Gasteiger partial charge in [-0.1, -0.05) is 27.2 Å². The molecule has 2 N–H and O–H groups in total. The lowest BCUT2D eigenvalue weighted by Gasteiger charge is -2.45. The van der Waals surface area contributed by atoms with Crippen LogP contribution in [0.4, 0.5) is 0 Å². The number of hydrogen-bond acceptors (Lipinski definition) is 3. The summed E-state index contributed by atoms with van der Waals surface area (Å²) < 4.78 is 5.03. The first-order chi connectivity index (χ1) is 6.00. The summed E-state index contributed by atoms with van der Waals surface area (Å²) >= 11 is 0. The van der Waals surface area contributed by atoms with E-state index >= 15 is 0 Å². The largest absolute Gasteiger partial charge is 0.458 e. The topological polar surface area (TPSA) is 52.3 Å². The summed E-state index contributed by atoms with van der Waals surface area (Å²) in [6.07, 6.45) is 2.58. The maximum absolute atomic E-state index is 11.2. The molecule has 0 aromatic heterocycles. The number of hydrogen-bond donors (Lipinski definition) is 1. The normalized spacial score (nSPS) is 33.0. The van der Waals surface area contributed by atoms with Crippen molar-refractivity contribution in [2.24, 2.45) is 11.7 Å². The predicted octanol–water partition coefficient (Wildman–Crippen LogP) is 1.46. The van der Waals surface area contributed by atoms with Gasteiger partial charge in [-0.15, -0.1) is 0 Å². The fraction of sp³-hybridized carbons (Fsp3) is 0.900. The fourth-order valence-corrected chi connectivity index (χ4v) is 1.89. The fourth-order valence-electron chi connectivity index (χ4n) is 1.89. The average molecular weight is 185 g/mol. The number of nitrogens with two attached hydrogens (primary N) is 1. The lowest BCUT2D eigenvalue weighted by Crippen LogP contribution is -2.69. The first-order valence-electron chi connectivity index (χ1n) is 5.00. The van der Waals surface area contributed by atoms with Gasteiger partial charge in [0.15, 0.2) is 5.54 Å². The molecule has 1 fully saturated rings. The van der Waals surface area contributed by atoms with Crippen LogP contribution in [0.15, 0.2) is 0 Å². The van der Waals surface area contributed by atoms with Crippen LogP contribution in [0.5, 0.6) is 0 Å². The minimum atomic E-state index is -0.690. The number of esters is 1. The highest BCUT2D eigenvalue weighted by Crippen LogP contribution is 2.33. The van der Waals surface area contributed by atoms with Crippen LogP contribution in [0.3, 0.4) is 0 Å². The summed E-state index contributed by atoms with van der Waals surface area (Å²) in [6, 6.07) is 0. The quantitative estimate of drug-likeness (QED) is 0.674. The second-order valence-corrected chi connectivity index (χ2v) is 4.32. The molecule has 1 aliphatic heterocycles. The Kier molecular flexibility index (Phi) is 2.96. The highest BCUT2D eigenvalue weighted by molar-refractivity contribution is 5.87. The minimum Gasteiger partial charge on any atom is -0.458 e. The summed E-state index contributed by atoms with van der Waals surface area (Å²) in [5.41, 5.74) is 5.31. The van der Waals surface area contributed by atoms with E-state index in [2.05, 4.69) is 20.8 Å². The molecule has 2 atom stereocenters. The van der Waals surface area contributed by atoms with Crippen LogP contribution in [0.25, 0.3) is 0 Å². The van der Waals surface area contributed by atoms with Crippen LogP contribution in [-0.2, 0) is 9.53 Å². The molecule has 3 nitrogen and oxygen atoms in total. The van der Waals surface area contributed by atoms with E-state index in [-0.39, 0.29) is 12.1 Å². The van der Waals surface area contributed by atoms with Gasteiger partial charge in [-0.25, -0.2) is 4.79 Å². The van der Waals surface area contributed by atoms with Crippen LogP contribution in [0.2, 0.25) is 0 Å². The summed E-state index contributed by atoms with van der Waals surface area (Å²) in [7, 11) is 0. The molecule has 1 rings (SSSR count). The average Bonchev–Trinajstić information content (AvgIpc) is 2.03. The Bertz CT molecular complexity index is 203. The van der Waals surface area contributed by atoms with Crippen molar-refractivity contribution in [2.75, 3.05) is 0 Å². The molecule has 0 bridgehead atoms. The first-order valence-corrected chi connectivity index (χ1v) is 5.00. The van der Waals surface area contributed by atoms with E-state index in [1.807, 2.05) is 0 Å². The lowest BCUT2D eigenvalue weighted by atomic mass is 9.79. The third-order valence-electron chi connectivity index (χ3n) is 2.50. The molecule has 1 aliphatic rings. The highest BCUT2D eigenvalue weighted by atomic mass is 16.6. The predicted molar refractivity (Wildman–Crippen MR) is 51.2 cm³/mol. The van der Waals surface area contributed by atoms with Crippen molar-refractivity contribution in [3.63, 3.8) is 0 Å². The van der Waals surface area contributed by atoms with Gasteiger partial charge < -0.3 is 10.5 Å². The maximum atomic E-state index is 11.2. The Morgan fingerprint density at radius 2 is 2.23 bits per heavy atom. The molecule has 0 saturated carbocycles. The SMILES string of the molecule is CCCC1OC(=O)C1(N)CC(C)C. The number of cyclic esters (lactones) is 1. The van der Waals surface area contributed by atoms with Crippen molar-refractivity contribution >= 4 is 5.97 Å². The van der Waals surface area contributed by atoms with Crippen molar-refractivity contribution in [1.29, 1.82) is 0 Å². The monoisotopic (exact) mass is 185 g/mol. The standard InChI is InChI=1S/C10H19NO2/c1-4-5-8-10(11,6-7(2)3)9(12)13-8/h7-8H,4-6,11H2,1-3H3. The van der Waals surface area contributed by atoms with E-state index in [0.29, 0.717) is 5.92 Å². The summed E-state index contributed by atoms with van der Waals surface area (Å²) in [4.78, 5) is 11.2. The van der Waals surface area contributed by atoms with Gasteiger partial charge >= 0.3 is 5.97 Å². The molecule has 2 unspecified atom stereocenters. The van der Waals surface area contributed by atoms with E-state index < -0.39 is 5.54 Å². The Morgan fingerprint density at radius 1 is 1.62 bits per heavy atom. The lowest BCUT2D eigenvalue weighted by molar-refractivity contribution is -0.192. The molecule has 0 amide bonds. The maximum Gasteiger partial charge on any atom is 0.330 e. The molecule has 76 valence electrons. The van der Waals surface area contributed by atoms with Gasteiger partial charge in [-0.2, -0.15) is 0 Å². The molecule has 0 aliphatic carbocycles. The molecule has 3 heteroatoms. The third-order valence-corrected chi connectivity index (χ3v) is 2.50. The highest BCUT2D eigenvalue weighted by Gasteiger charge is 2.54. The summed E-state index contributed by atoms with van der Waals surface area (Å²) in [5.74, 6) is 0.219. The molecule has 13 heavy (non-hydrogen) atoms. The van der Waals surface area contributed by atoms with E-state index in [9.17, 15) is 4.79 Å². The van der Waals surface area contributed by atoms with Crippen molar-refractivity contribution < 1.29 is 9.53 Å². The zero-order valence-corrected chi connectivity index (χ0v) is 8.67. The Labute approximate surface area is 79.6 Å². The van der Waals surface area contributed by atoms with E-state index in [1.165, 1.54) is 0 Å². The zero-order valence-electron chi connectivity index (χ0n) is 8.67. The van der Waals surface area contributed by atoms with Gasteiger partial charge in [0.25, 0.3) is 0 Å². The van der Waals surface area contributed by atoms with E-state index in [0.717, 1.165) is 19.3 Å². The van der Waals surface area contributed by atoms with Crippen molar-refractivity contribution in [3.8, 4) is 0 Å². The second kappa shape index (κ2) is 3.66. The summed E-state index contributed by atoms with van der Waals surface area (Å²) in [5, 5.41) is 0. The number of carbonyl (C=O) groups excluding carboxylic acids is 1. The van der Waals surface area contributed by atoms with Crippen LogP contribution >= 0.6 is 0 Å². The molecule has 0 spiro atoms. The van der Waals surface area contributed by atoms with Crippen LogP contribution < -0.4 is 5.73 Å². The van der Waals surface area contributed by atoms with Crippen LogP contribution in [0, 0.1) is 5.92 Å². The molecule has 1 saturated heterocycles. The van der Waals surface area contributed by atoms with Crippen LogP contribution in [0.1, 0.15) is 40.0 Å². The van der Waals surface area contributed by atoms with Gasteiger partial charge in [-0.05, 0) is 18.8 Å². The van der Waals surface area contributed by atoms with Gasteiger partial charge in [0, 0.05) is 0 Å². The molecule has 0 radical (unpaired) electrons. The van der Waals surface area contributed by atoms with Gasteiger partial charge in [0.1, 0.15) is 6.10 Å². The van der Waals surface area contributed by atoms with E-state index in [4.69, 9.17) is 10.5 Å². The van der Waals surface area contributed by atoms with E-state index in [1.54, 1.807) is 0 Å². The molecule has 0 aromatic rings. The van der Waals surface area contributed by atoms with Crippen molar-refractivity contribution in [3.05, 3.63) is 0 Å². The van der Waals surface area contributed by atoms with Gasteiger partial charge in [0.2, 0.25) is 0 Å². The minimum absolute atomic E-state index is 0.0487. The van der Waals surface area contributed by atoms with Gasteiger partial charge in [-0.3, -0.25) is 0 Å². The molecular formula is C10H19NO2. The first kappa shape index (κ1) is 10.5. The Hall–Kier alpha value is -0.570. The number of rotatable bonds is 4. The molecular weight excluding hydrogens is 166 g/mol. The zero-order chi connectivity index (χ0) is 10.1. The smallest absolute Gasteiger partial charge is 0.330 e. The van der Waals surface area contributed by atoms with Crippen LogP contribution in [-0.4, -0.2) is 17.6 Å². The molecule has 1 heterocycles. The Morgan fingerprint density at radius 3 is 2.62 bits per heavy atom. The second-order valence-electron chi connectivity index (χ2n) is 4.32. The number of ether oxygens (including phenoxy) is 1. The van der Waals surface area contributed by atoms with Crippen molar-refractivity contribution in [1.82, 2.24) is 0 Å². The summed E-state index contributed by atoms with van der Waals surface area (Å²) in [6.45, 7) is 6.22. The molecule has 0 aromatic carbocycles. The number of carbonyl (C=O) groups is 1.